The molecule has 1 saturated heterocycles. The van der Waals surface area contributed by atoms with Gasteiger partial charge in [-0.2, -0.15) is 5.26 Å². The lowest BCUT2D eigenvalue weighted by Gasteiger charge is -2.36. The maximum atomic E-state index is 14.0. The van der Waals surface area contributed by atoms with E-state index < -0.39 is 29.4 Å². The molecule has 0 amide bonds. The van der Waals surface area contributed by atoms with E-state index in [1.165, 1.54) is 13.4 Å². The zero-order valence-corrected chi connectivity index (χ0v) is 17.3. The Balaban J connectivity index is 1.81. The van der Waals surface area contributed by atoms with Gasteiger partial charge in [0.2, 0.25) is 0 Å². The van der Waals surface area contributed by atoms with Crippen LogP contribution in [0, 0.1) is 16.7 Å². The van der Waals surface area contributed by atoms with Crippen LogP contribution in [0.5, 0.6) is 0 Å². The molecule has 0 spiro atoms. The number of methoxy groups -OCH3 is 1. The quantitative estimate of drug-likeness (QED) is 0.461. The minimum atomic E-state index is -1.67. The lowest BCUT2D eigenvalue weighted by atomic mass is 9.70. The maximum absolute atomic E-state index is 14.0. The van der Waals surface area contributed by atoms with Crippen LogP contribution in [0.25, 0.3) is 6.08 Å². The molecule has 2 aliphatic rings. The molecule has 1 aromatic heterocycles. The summed E-state index contributed by atoms with van der Waals surface area (Å²) in [5.41, 5.74) is 0.517. The van der Waals surface area contributed by atoms with E-state index in [-0.39, 0.29) is 5.78 Å². The highest BCUT2D eigenvalue weighted by Crippen LogP contribution is 2.56. The molecule has 32 heavy (non-hydrogen) atoms. The molecule has 0 aliphatic carbocycles. The van der Waals surface area contributed by atoms with Gasteiger partial charge in [-0.1, -0.05) is 60.7 Å². The number of hydrogen-bond donors (Lipinski definition) is 0. The monoisotopic (exact) mass is 424 g/mol. The number of anilines is 1. The van der Waals surface area contributed by atoms with Gasteiger partial charge < -0.3 is 14.1 Å². The zero-order valence-electron chi connectivity index (χ0n) is 17.3. The van der Waals surface area contributed by atoms with E-state index in [9.17, 15) is 14.9 Å². The largest absolute Gasteiger partial charge is 0.469 e. The molecule has 5 rings (SSSR count). The van der Waals surface area contributed by atoms with Crippen LogP contribution < -0.4 is 4.90 Å². The fraction of sp³-hybridized carbons (Fsp3) is 0.192. The molecule has 0 bridgehead atoms. The van der Waals surface area contributed by atoms with Crippen molar-refractivity contribution in [1.82, 2.24) is 0 Å². The smallest absolute Gasteiger partial charge is 0.329 e. The van der Waals surface area contributed by atoms with Gasteiger partial charge >= 0.3 is 5.97 Å². The van der Waals surface area contributed by atoms with Crippen LogP contribution in [0.2, 0.25) is 0 Å². The summed E-state index contributed by atoms with van der Waals surface area (Å²) in [6, 6.07) is 20.7. The number of ether oxygens (including phenoxy) is 1. The van der Waals surface area contributed by atoms with Gasteiger partial charge in [0.25, 0.3) is 0 Å². The second-order valence-corrected chi connectivity index (χ2v) is 7.91. The summed E-state index contributed by atoms with van der Waals surface area (Å²) in [6.07, 6.45) is 5.19. The molecule has 4 atom stereocenters. The van der Waals surface area contributed by atoms with Crippen LogP contribution in [0.4, 0.5) is 5.69 Å². The summed E-state index contributed by atoms with van der Waals surface area (Å²) in [7, 11) is 1.26. The number of fused-ring (bicyclic) bond motifs is 3. The number of carbonyl (C=O) groups excluding carboxylic acids is 2. The van der Waals surface area contributed by atoms with Gasteiger partial charge in [0.05, 0.1) is 31.4 Å². The van der Waals surface area contributed by atoms with Crippen LogP contribution in [-0.2, 0) is 9.53 Å². The predicted molar refractivity (Wildman–Crippen MR) is 118 cm³/mol. The van der Waals surface area contributed by atoms with Crippen molar-refractivity contribution in [3.63, 3.8) is 0 Å². The van der Waals surface area contributed by atoms with Gasteiger partial charge in [0.1, 0.15) is 11.8 Å². The van der Waals surface area contributed by atoms with Crippen molar-refractivity contribution in [1.29, 1.82) is 5.26 Å². The molecule has 6 nitrogen and oxygen atoms in total. The fourth-order valence-electron chi connectivity index (χ4n) is 5.09. The van der Waals surface area contributed by atoms with E-state index in [0.29, 0.717) is 11.3 Å². The zero-order chi connectivity index (χ0) is 22.3. The van der Waals surface area contributed by atoms with Crippen molar-refractivity contribution in [2.24, 2.45) is 5.41 Å². The second-order valence-electron chi connectivity index (χ2n) is 7.91. The summed E-state index contributed by atoms with van der Waals surface area (Å²) in [6.45, 7) is 0. The van der Waals surface area contributed by atoms with Gasteiger partial charge in [-0.25, -0.2) is 0 Å². The Kier molecular flexibility index (Phi) is 4.67. The number of para-hydroxylation sites is 1. The highest BCUT2D eigenvalue weighted by molar-refractivity contribution is 6.06. The van der Waals surface area contributed by atoms with Gasteiger partial charge in [0, 0.05) is 11.3 Å². The number of nitriles is 1. The number of carbonyl (C=O) groups is 2. The Morgan fingerprint density at radius 3 is 2.50 bits per heavy atom. The van der Waals surface area contributed by atoms with Crippen LogP contribution >= 0.6 is 0 Å². The minimum Gasteiger partial charge on any atom is -0.469 e. The minimum absolute atomic E-state index is 0.192. The molecule has 0 N–H and O–H groups in total. The number of esters is 1. The van der Waals surface area contributed by atoms with Crippen molar-refractivity contribution in [2.75, 3.05) is 12.0 Å². The maximum Gasteiger partial charge on any atom is 0.329 e. The topological polar surface area (TPSA) is 83.5 Å². The van der Waals surface area contributed by atoms with Crippen LogP contribution in [0.1, 0.15) is 27.6 Å². The van der Waals surface area contributed by atoms with E-state index in [1.807, 2.05) is 47.4 Å². The SMILES string of the molecule is COC(=O)[C@@]1(C#N)[C@@H]2C=Cc3ccccc3N2[C@@H](C(=O)c2ccccc2)[C@@H]1c1ccco1. The highest BCUT2D eigenvalue weighted by atomic mass is 16.5. The predicted octanol–water partition coefficient (Wildman–Crippen LogP) is 4.21. The molecular weight excluding hydrogens is 404 g/mol. The van der Waals surface area contributed by atoms with Crippen molar-refractivity contribution < 1.29 is 18.7 Å². The van der Waals surface area contributed by atoms with E-state index in [4.69, 9.17) is 9.15 Å². The van der Waals surface area contributed by atoms with E-state index in [0.717, 1.165) is 11.3 Å². The Bertz CT molecular complexity index is 1240. The van der Waals surface area contributed by atoms with Gasteiger partial charge in [-0.3, -0.25) is 9.59 Å². The molecule has 0 saturated carbocycles. The fourth-order valence-corrected chi connectivity index (χ4v) is 5.09. The van der Waals surface area contributed by atoms with E-state index in [1.54, 1.807) is 36.4 Å². The summed E-state index contributed by atoms with van der Waals surface area (Å²) < 4.78 is 10.9. The Labute approximate surface area is 185 Å². The number of ketones is 1. The van der Waals surface area contributed by atoms with Crippen LogP contribution in [0.3, 0.4) is 0 Å². The standard InChI is InChI=1S/C26H20N2O4/c1-31-25(30)26(16-27)21-14-13-17-8-5-6-11-19(17)28(21)23(22(26)20-12-7-15-32-20)24(29)18-9-3-2-4-10-18/h2-15,21-23H,1H3/t21-,22-,23+,26-/m0/s1. The summed E-state index contributed by atoms with van der Waals surface area (Å²) >= 11 is 0. The first-order valence-corrected chi connectivity index (χ1v) is 10.3. The first-order chi connectivity index (χ1) is 15.6. The van der Waals surface area contributed by atoms with Crippen LogP contribution in [-0.4, -0.2) is 30.9 Å². The van der Waals surface area contributed by atoms with Gasteiger partial charge in [0.15, 0.2) is 11.2 Å². The number of furan rings is 1. The molecule has 3 heterocycles. The Morgan fingerprint density at radius 1 is 1.06 bits per heavy atom. The first-order valence-electron chi connectivity index (χ1n) is 10.3. The average molecular weight is 424 g/mol. The van der Waals surface area contributed by atoms with E-state index >= 15 is 0 Å². The average Bonchev–Trinajstić information content (AvgIpc) is 3.48. The number of hydrogen-bond acceptors (Lipinski definition) is 6. The number of Topliss-reactive ketones (excluding diaryl/α,β-unsaturated/α-hetero) is 1. The molecular formula is C26H20N2O4. The lowest BCUT2D eigenvalue weighted by Crippen LogP contribution is -2.46. The lowest BCUT2D eigenvalue weighted by molar-refractivity contribution is -0.150. The first kappa shape index (κ1) is 19.8. The van der Waals surface area contributed by atoms with Crippen molar-refractivity contribution in [2.45, 2.75) is 18.0 Å². The van der Waals surface area contributed by atoms with Gasteiger partial charge in [-0.15, -0.1) is 0 Å². The molecule has 0 unspecified atom stereocenters. The number of benzene rings is 2. The van der Waals surface area contributed by atoms with Crippen LogP contribution in [0.15, 0.2) is 83.5 Å². The molecule has 1 fully saturated rings. The Morgan fingerprint density at radius 2 is 1.81 bits per heavy atom. The molecule has 6 heteroatoms. The third-order valence-electron chi connectivity index (χ3n) is 6.43. The Hall–Kier alpha value is -4.11. The number of rotatable bonds is 4. The summed E-state index contributed by atoms with van der Waals surface area (Å²) in [4.78, 5) is 29.1. The highest BCUT2D eigenvalue weighted by Gasteiger charge is 2.68. The third-order valence-corrected chi connectivity index (χ3v) is 6.43. The normalized spacial score (nSPS) is 25.5. The third kappa shape index (κ3) is 2.64. The van der Waals surface area contributed by atoms with Crippen molar-refractivity contribution >= 4 is 23.5 Å². The van der Waals surface area contributed by atoms with E-state index in [2.05, 4.69) is 6.07 Å². The van der Waals surface area contributed by atoms with Gasteiger partial charge in [-0.05, 0) is 23.8 Å². The molecule has 2 aromatic carbocycles. The van der Waals surface area contributed by atoms with Crippen molar-refractivity contribution in [3.05, 3.63) is 96.0 Å². The summed E-state index contributed by atoms with van der Waals surface area (Å²) in [5, 5.41) is 10.5. The second kappa shape index (κ2) is 7.54. The molecule has 2 aliphatic heterocycles. The molecule has 3 aromatic rings. The molecule has 0 radical (unpaired) electrons. The molecule has 158 valence electrons. The summed E-state index contributed by atoms with van der Waals surface area (Å²) in [5.74, 6) is -1.36. The van der Waals surface area contributed by atoms with Crippen molar-refractivity contribution in [3.8, 4) is 6.07 Å². The number of nitrogens with zero attached hydrogens (tertiary/aromatic N) is 2.